The maximum absolute atomic E-state index is 12.9. The molecule has 6 heteroatoms. The first-order valence-electron chi connectivity index (χ1n) is 10.7. The van der Waals surface area contributed by atoms with E-state index in [1.54, 1.807) is 11.9 Å². The van der Waals surface area contributed by atoms with Gasteiger partial charge in [0.25, 0.3) is 11.8 Å². The molecule has 3 aromatic rings. The summed E-state index contributed by atoms with van der Waals surface area (Å²) in [4.78, 5) is 29.2. The summed E-state index contributed by atoms with van der Waals surface area (Å²) in [5.74, 6) is 0.211. The highest BCUT2D eigenvalue weighted by atomic mass is 16.2. The Morgan fingerprint density at radius 3 is 2.39 bits per heavy atom. The predicted molar refractivity (Wildman–Crippen MR) is 122 cm³/mol. The zero-order valence-corrected chi connectivity index (χ0v) is 18.3. The average molecular weight is 417 g/mol. The van der Waals surface area contributed by atoms with Crippen molar-refractivity contribution in [1.29, 1.82) is 0 Å². The van der Waals surface area contributed by atoms with Gasteiger partial charge in [-0.15, -0.1) is 0 Å². The predicted octanol–water partition coefficient (Wildman–Crippen LogP) is 4.32. The molecule has 1 aliphatic heterocycles. The van der Waals surface area contributed by atoms with E-state index in [0.29, 0.717) is 18.8 Å². The zero-order valence-electron chi connectivity index (χ0n) is 18.3. The van der Waals surface area contributed by atoms with Crippen LogP contribution in [0.15, 0.2) is 54.6 Å². The Balaban J connectivity index is 1.38. The van der Waals surface area contributed by atoms with Crippen LogP contribution >= 0.6 is 0 Å². The van der Waals surface area contributed by atoms with Crippen molar-refractivity contribution < 1.29 is 9.59 Å². The van der Waals surface area contributed by atoms with Gasteiger partial charge in [-0.3, -0.25) is 14.7 Å². The van der Waals surface area contributed by atoms with Crippen LogP contribution in [0.2, 0.25) is 0 Å². The summed E-state index contributed by atoms with van der Waals surface area (Å²) in [5, 5.41) is 7.31. The number of carbonyl (C=O) groups excluding carboxylic acids is 2. The number of likely N-dealkylation sites (tertiary alicyclic amines) is 1. The molecule has 31 heavy (non-hydrogen) atoms. The number of aromatic nitrogens is 2. The lowest BCUT2D eigenvalue weighted by atomic mass is 9.93. The van der Waals surface area contributed by atoms with Crippen LogP contribution in [0.1, 0.15) is 56.4 Å². The monoisotopic (exact) mass is 416 g/mol. The average Bonchev–Trinajstić information content (AvgIpc) is 3.30. The maximum Gasteiger partial charge on any atom is 0.278 e. The molecule has 160 valence electrons. The Labute approximate surface area is 182 Å². The molecule has 2 heterocycles. The van der Waals surface area contributed by atoms with Gasteiger partial charge in [0.2, 0.25) is 0 Å². The normalized spacial score (nSPS) is 14.5. The van der Waals surface area contributed by atoms with E-state index in [1.165, 1.54) is 5.56 Å². The summed E-state index contributed by atoms with van der Waals surface area (Å²) >= 11 is 0. The standard InChI is InChI=1S/C25H28N4O2/c1-17-9-10-20(15-18(17)2)24(30)29-13-11-19(12-14-29)22-16-23(27-26-22)25(31)28(3)21-7-5-4-6-8-21/h4-10,15-16,19H,11-14H2,1-3H3,(H,26,27). The molecule has 2 aromatic carbocycles. The molecule has 4 rings (SSSR count). The van der Waals surface area contributed by atoms with Gasteiger partial charge in [-0.1, -0.05) is 24.3 Å². The van der Waals surface area contributed by atoms with Crippen LogP contribution in [0.5, 0.6) is 0 Å². The fourth-order valence-corrected chi connectivity index (χ4v) is 4.05. The summed E-state index contributed by atoms with van der Waals surface area (Å²) in [5.41, 5.74) is 5.28. The molecular weight excluding hydrogens is 388 g/mol. The van der Waals surface area contributed by atoms with Gasteiger partial charge in [0, 0.05) is 43.0 Å². The number of nitrogens with zero attached hydrogens (tertiary/aromatic N) is 3. The van der Waals surface area contributed by atoms with Crippen molar-refractivity contribution in [2.75, 3.05) is 25.0 Å². The molecule has 0 atom stereocenters. The number of rotatable bonds is 4. The van der Waals surface area contributed by atoms with Crippen LogP contribution in [-0.2, 0) is 0 Å². The van der Waals surface area contributed by atoms with E-state index in [2.05, 4.69) is 17.1 Å². The van der Waals surface area contributed by atoms with Gasteiger partial charge in [0.15, 0.2) is 5.69 Å². The SMILES string of the molecule is Cc1ccc(C(=O)N2CCC(c3cc(C(=O)N(C)c4ccccc4)n[nH]3)CC2)cc1C. The molecule has 2 amide bonds. The van der Waals surface area contributed by atoms with Crippen molar-refractivity contribution in [1.82, 2.24) is 15.1 Å². The van der Waals surface area contributed by atoms with E-state index in [9.17, 15) is 9.59 Å². The van der Waals surface area contributed by atoms with Gasteiger partial charge >= 0.3 is 0 Å². The molecule has 0 spiro atoms. The van der Waals surface area contributed by atoms with Crippen LogP contribution in [0.4, 0.5) is 5.69 Å². The summed E-state index contributed by atoms with van der Waals surface area (Å²) in [6.07, 6.45) is 1.70. The maximum atomic E-state index is 12.9. The number of amides is 2. The fourth-order valence-electron chi connectivity index (χ4n) is 4.05. The Bertz CT molecular complexity index is 1080. The van der Waals surface area contributed by atoms with Crippen LogP contribution in [0.25, 0.3) is 0 Å². The largest absolute Gasteiger partial charge is 0.339 e. The molecule has 0 radical (unpaired) electrons. The summed E-state index contributed by atoms with van der Waals surface area (Å²) in [7, 11) is 1.75. The van der Waals surface area contributed by atoms with E-state index >= 15 is 0 Å². The number of aryl methyl sites for hydroxylation is 2. The zero-order chi connectivity index (χ0) is 22.0. The van der Waals surface area contributed by atoms with E-state index in [0.717, 1.165) is 35.3 Å². The number of carbonyl (C=O) groups is 2. The molecule has 6 nitrogen and oxygen atoms in total. The number of nitrogens with one attached hydrogen (secondary N) is 1. The number of piperidine rings is 1. The van der Waals surface area contributed by atoms with Crippen molar-refractivity contribution in [2.45, 2.75) is 32.6 Å². The Morgan fingerprint density at radius 1 is 1.00 bits per heavy atom. The number of para-hydroxylation sites is 1. The first-order chi connectivity index (χ1) is 14.9. The summed E-state index contributed by atoms with van der Waals surface area (Å²) in [6.45, 7) is 5.48. The highest BCUT2D eigenvalue weighted by Crippen LogP contribution is 2.28. The van der Waals surface area contributed by atoms with Gasteiger partial charge < -0.3 is 9.80 Å². The Morgan fingerprint density at radius 2 is 1.71 bits per heavy atom. The molecule has 1 saturated heterocycles. The molecule has 1 aliphatic rings. The third kappa shape index (κ3) is 4.38. The van der Waals surface area contributed by atoms with Crippen molar-refractivity contribution in [3.63, 3.8) is 0 Å². The van der Waals surface area contributed by atoms with Crippen molar-refractivity contribution in [3.05, 3.63) is 82.7 Å². The summed E-state index contributed by atoms with van der Waals surface area (Å²) in [6, 6.07) is 17.3. The topological polar surface area (TPSA) is 69.3 Å². The fraction of sp³-hybridized carbons (Fsp3) is 0.320. The van der Waals surface area contributed by atoms with E-state index < -0.39 is 0 Å². The second-order valence-electron chi connectivity index (χ2n) is 8.27. The molecule has 0 aliphatic carbocycles. The molecule has 1 N–H and O–H groups in total. The minimum atomic E-state index is -0.143. The van der Waals surface area contributed by atoms with Crippen LogP contribution in [0, 0.1) is 13.8 Å². The van der Waals surface area contributed by atoms with Gasteiger partial charge in [-0.2, -0.15) is 5.10 Å². The molecule has 1 fully saturated rings. The lowest BCUT2D eigenvalue weighted by Gasteiger charge is -2.31. The second-order valence-corrected chi connectivity index (χ2v) is 8.27. The highest BCUT2D eigenvalue weighted by Gasteiger charge is 2.27. The minimum absolute atomic E-state index is 0.0894. The van der Waals surface area contributed by atoms with E-state index in [4.69, 9.17) is 0 Å². The third-order valence-electron chi connectivity index (χ3n) is 6.24. The smallest absolute Gasteiger partial charge is 0.278 e. The molecule has 0 bridgehead atoms. The molecule has 0 unspecified atom stereocenters. The van der Waals surface area contributed by atoms with E-state index in [-0.39, 0.29) is 17.7 Å². The highest BCUT2D eigenvalue weighted by molar-refractivity contribution is 6.04. The second kappa shape index (κ2) is 8.76. The van der Waals surface area contributed by atoms with Crippen LogP contribution < -0.4 is 4.90 Å². The van der Waals surface area contributed by atoms with Gasteiger partial charge in [-0.05, 0) is 68.1 Å². The van der Waals surface area contributed by atoms with Crippen LogP contribution in [-0.4, -0.2) is 47.0 Å². The van der Waals surface area contributed by atoms with Gasteiger partial charge in [0.1, 0.15) is 0 Å². The molecular formula is C25H28N4O2. The van der Waals surface area contributed by atoms with E-state index in [1.807, 2.05) is 66.4 Å². The molecule has 0 saturated carbocycles. The quantitative estimate of drug-likeness (QED) is 0.689. The first kappa shape index (κ1) is 20.8. The Kier molecular flexibility index (Phi) is 5.89. The third-order valence-corrected chi connectivity index (χ3v) is 6.24. The lowest BCUT2D eigenvalue weighted by Crippen LogP contribution is -2.38. The minimum Gasteiger partial charge on any atom is -0.339 e. The number of hydrogen-bond donors (Lipinski definition) is 1. The summed E-state index contributed by atoms with van der Waals surface area (Å²) < 4.78 is 0. The van der Waals surface area contributed by atoms with Crippen molar-refractivity contribution in [2.24, 2.45) is 0 Å². The van der Waals surface area contributed by atoms with Gasteiger partial charge in [0.05, 0.1) is 0 Å². The van der Waals surface area contributed by atoms with Gasteiger partial charge in [-0.25, -0.2) is 0 Å². The first-order valence-corrected chi connectivity index (χ1v) is 10.7. The van der Waals surface area contributed by atoms with Crippen LogP contribution in [0.3, 0.4) is 0 Å². The number of hydrogen-bond acceptors (Lipinski definition) is 3. The molecule has 1 aromatic heterocycles. The number of H-pyrrole nitrogens is 1. The van der Waals surface area contributed by atoms with Crippen molar-refractivity contribution >= 4 is 17.5 Å². The number of anilines is 1. The number of benzene rings is 2. The van der Waals surface area contributed by atoms with Crippen molar-refractivity contribution in [3.8, 4) is 0 Å². The Hall–Kier alpha value is -3.41. The lowest BCUT2D eigenvalue weighted by molar-refractivity contribution is 0.0712. The number of aromatic amines is 1.